The standard InChI is InChI=1S/C10H13NO2/c1-2-3-10(12)11-8-6-7-4-5-9(8)13-7/h7-9H,4-6H2,1H3,(H,11,12)/t7-,8-,9+/m1/s1. The molecule has 0 aromatic carbocycles. The normalized spacial score (nSPS) is 35.3. The molecule has 2 aliphatic heterocycles. The van der Waals surface area contributed by atoms with Crippen LogP contribution in [0.1, 0.15) is 26.2 Å². The van der Waals surface area contributed by atoms with Gasteiger partial charge in [0.2, 0.25) is 0 Å². The van der Waals surface area contributed by atoms with Gasteiger partial charge in [-0.1, -0.05) is 5.92 Å². The number of carbonyl (C=O) groups is 1. The van der Waals surface area contributed by atoms with Gasteiger partial charge in [0.25, 0.3) is 5.91 Å². The highest BCUT2D eigenvalue weighted by molar-refractivity contribution is 5.93. The van der Waals surface area contributed by atoms with E-state index in [1.807, 2.05) is 0 Å². The molecule has 2 saturated heterocycles. The highest BCUT2D eigenvalue weighted by Crippen LogP contribution is 2.34. The van der Waals surface area contributed by atoms with Gasteiger partial charge in [-0.3, -0.25) is 4.79 Å². The molecule has 0 aromatic heterocycles. The molecule has 0 radical (unpaired) electrons. The van der Waals surface area contributed by atoms with Gasteiger partial charge in [-0.05, 0) is 32.1 Å². The minimum Gasteiger partial charge on any atom is -0.373 e. The Morgan fingerprint density at radius 3 is 2.92 bits per heavy atom. The molecule has 13 heavy (non-hydrogen) atoms. The molecule has 2 rings (SSSR count). The molecular formula is C10H13NO2. The van der Waals surface area contributed by atoms with Gasteiger partial charge < -0.3 is 10.1 Å². The molecule has 2 heterocycles. The maximum absolute atomic E-state index is 11.1. The lowest BCUT2D eigenvalue weighted by atomic mass is 9.95. The second-order valence-electron chi connectivity index (χ2n) is 3.56. The number of ether oxygens (including phenoxy) is 1. The summed E-state index contributed by atoms with van der Waals surface area (Å²) in [5.74, 6) is 4.88. The number of amides is 1. The van der Waals surface area contributed by atoms with Crippen molar-refractivity contribution in [3.63, 3.8) is 0 Å². The summed E-state index contributed by atoms with van der Waals surface area (Å²) in [4.78, 5) is 11.1. The van der Waals surface area contributed by atoms with Crippen LogP contribution in [-0.2, 0) is 9.53 Å². The fourth-order valence-electron chi connectivity index (χ4n) is 2.11. The van der Waals surface area contributed by atoms with Crippen LogP contribution in [0.15, 0.2) is 0 Å². The van der Waals surface area contributed by atoms with Gasteiger partial charge in [-0.25, -0.2) is 0 Å². The van der Waals surface area contributed by atoms with Crippen LogP contribution < -0.4 is 5.32 Å². The van der Waals surface area contributed by atoms with Crippen LogP contribution >= 0.6 is 0 Å². The molecule has 0 unspecified atom stereocenters. The monoisotopic (exact) mass is 179 g/mol. The highest BCUT2D eigenvalue weighted by atomic mass is 16.5. The lowest BCUT2D eigenvalue weighted by Crippen LogP contribution is -2.40. The zero-order chi connectivity index (χ0) is 9.26. The molecule has 70 valence electrons. The van der Waals surface area contributed by atoms with E-state index >= 15 is 0 Å². The summed E-state index contributed by atoms with van der Waals surface area (Å²) in [6.45, 7) is 1.66. The van der Waals surface area contributed by atoms with Crippen molar-refractivity contribution in [2.45, 2.75) is 44.4 Å². The van der Waals surface area contributed by atoms with E-state index < -0.39 is 0 Å². The Balaban J connectivity index is 1.88. The van der Waals surface area contributed by atoms with E-state index in [-0.39, 0.29) is 18.1 Å². The zero-order valence-corrected chi connectivity index (χ0v) is 7.67. The molecule has 2 aliphatic rings. The van der Waals surface area contributed by atoms with E-state index in [1.54, 1.807) is 6.92 Å². The Morgan fingerprint density at radius 2 is 2.38 bits per heavy atom. The molecule has 3 atom stereocenters. The van der Waals surface area contributed by atoms with Gasteiger partial charge in [0.15, 0.2) is 0 Å². The Kier molecular flexibility index (Phi) is 2.24. The zero-order valence-electron chi connectivity index (χ0n) is 7.67. The third-order valence-corrected chi connectivity index (χ3v) is 2.66. The summed E-state index contributed by atoms with van der Waals surface area (Å²) < 4.78 is 5.60. The molecule has 2 bridgehead atoms. The SMILES string of the molecule is CC#CC(=O)N[C@@H]1C[C@H]2CC[C@@H]1O2. The first-order valence-corrected chi connectivity index (χ1v) is 4.68. The van der Waals surface area contributed by atoms with E-state index in [2.05, 4.69) is 17.2 Å². The molecule has 0 aromatic rings. The average Bonchev–Trinajstić information content (AvgIpc) is 2.65. The second kappa shape index (κ2) is 3.39. The minimum absolute atomic E-state index is 0.177. The maximum atomic E-state index is 11.1. The molecule has 0 aliphatic carbocycles. The highest BCUT2D eigenvalue weighted by Gasteiger charge is 2.41. The van der Waals surface area contributed by atoms with Gasteiger partial charge in [-0.2, -0.15) is 0 Å². The van der Waals surface area contributed by atoms with E-state index in [1.165, 1.54) is 0 Å². The number of hydrogen-bond acceptors (Lipinski definition) is 2. The first kappa shape index (κ1) is 8.58. The Labute approximate surface area is 77.8 Å². The van der Waals surface area contributed by atoms with Crippen molar-refractivity contribution in [2.24, 2.45) is 0 Å². The van der Waals surface area contributed by atoms with Gasteiger partial charge >= 0.3 is 0 Å². The molecule has 3 heteroatoms. The van der Waals surface area contributed by atoms with E-state index in [9.17, 15) is 4.79 Å². The summed E-state index contributed by atoms with van der Waals surface area (Å²) in [6, 6.07) is 0.201. The fraction of sp³-hybridized carbons (Fsp3) is 0.700. The topological polar surface area (TPSA) is 38.3 Å². The molecule has 2 fully saturated rings. The Morgan fingerprint density at radius 1 is 1.54 bits per heavy atom. The van der Waals surface area contributed by atoms with Crippen molar-refractivity contribution in [1.29, 1.82) is 0 Å². The number of hydrogen-bond donors (Lipinski definition) is 1. The molecule has 3 nitrogen and oxygen atoms in total. The van der Waals surface area contributed by atoms with Crippen LogP contribution in [-0.4, -0.2) is 24.2 Å². The van der Waals surface area contributed by atoms with Crippen LogP contribution in [0.3, 0.4) is 0 Å². The summed E-state index contributed by atoms with van der Waals surface area (Å²) in [7, 11) is 0. The molecule has 0 saturated carbocycles. The van der Waals surface area contributed by atoms with Crippen molar-refractivity contribution in [1.82, 2.24) is 5.32 Å². The van der Waals surface area contributed by atoms with Gasteiger partial charge in [0.05, 0.1) is 18.2 Å². The van der Waals surface area contributed by atoms with Gasteiger partial charge in [0, 0.05) is 0 Å². The third-order valence-electron chi connectivity index (χ3n) is 2.66. The second-order valence-corrected chi connectivity index (χ2v) is 3.56. The van der Waals surface area contributed by atoms with Crippen LogP contribution in [0.4, 0.5) is 0 Å². The van der Waals surface area contributed by atoms with Crippen molar-refractivity contribution in [3.05, 3.63) is 0 Å². The summed E-state index contributed by atoms with van der Waals surface area (Å²) >= 11 is 0. The number of rotatable bonds is 1. The summed E-state index contributed by atoms with van der Waals surface area (Å²) in [5, 5.41) is 2.87. The predicted molar refractivity (Wildman–Crippen MR) is 47.9 cm³/mol. The molecule has 1 amide bonds. The first-order valence-electron chi connectivity index (χ1n) is 4.68. The van der Waals surface area contributed by atoms with Crippen LogP contribution in [0.5, 0.6) is 0 Å². The molecule has 1 N–H and O–H groups in total. The van der Waals surface area contributed by atoms with Crippen molar-refractivity contribution in [2.75, 3.05) is 0 Å². The number of fused-ring (bicyclic) bond motifs is 2. The van der Waals surface area contributed by atoms with Crippen molar-refractivity contribution >= 4 is 5.91 Å². The number of carbonyl (C=O) groups excluding carboxylic acids is 1. The predicted octanol–water partition coefficient (Wildman–Crippen LogP) is 0.446. The van der Waals surface area contributed by atoms with Crippen LogP contribution in [0.25, 0.3) is 0 Å². The first-order chi connectivity index (χ1) is 6.29. The van der Waals surface area contributed by atoms with Crippen molar-refractivity contribution in [3.8, 4) is 11.8 Å². The lowest BCUT2D eigenvalue weighted by Gasteiger charge is -2.18. The quantitative estimate of drug-likeness (QED) is 0.593. The largest absolute Gasteiger partial charge is 0.373 e. The van der Waals surface area contributed by atoms with Gasteiger partial charge in [0.1, 0.15) is 0 Å². The molecule has 0 spiro atoms. The van der Waals surface area contributed by atoms with E-state index in [4.69, 9.17) is 4.74 Å². The van der Waals surface area contributed by atoms with E-state index in [0.29, 0.717) is 6.10 Å². The Bertz CT molecular complexity index is 276. The minimum atomic E-state index is -0.177. The Hall–Kier alpha value is -1.01. The van der Waals surface area contributed by atoms with Crippen LogP contribution in [0.2, 0.25) is 0 Å². The smallest absolute Gasteiger partial charge is 0.296 e. The third kappa shape index (κ3) is 1.68. The fourth-order valence-corrected chi connectivity index (χ4v) is 2.11. The maximum Gasteiger partial charge on any atom is 0.296 e. The van der Waals surface area contributed by atoms with Crippen molar-refractivity contribution < 1.29 is 9.53 Å². The lowest BCUT2D eigenvalue weighted by molar-refractivity contribution is -0.116. The summed E-state index contributed by atoms with van der Waals surface area (Å²) in [6.07, 6.45) is 3.81. The van der Waals surface area contributed by atoms with Gasteiger partial charge in [-0.15, -0.1) is 0 Å². The average molecular weight is 179 g/mol. The molecular weight excluding hydrogens is 166 g/mol. The van der Waals surface area contributed by atoms with E-state index in [0.717, 1.165) is 19.3 Å². The van der Waals surface area contributed by atoms with Crippen LogP contribution in [0, 0.1) is 11.8 Å². The number of nitrogens with one attached hydrogen (secondary N) is 1. The summed E-state index contributed by atoms with van der Waals surface area (Å²) in [5.41, 5.74) is 0.